The van der Waals surface area contributed by atoms with E-state index in [-0.39, 0.29) is 36.4 Å². The summed E-state index contributed by atoms with van der Waals surface area (Å²) >= 11 is 0. The number of nitrogens with one attached hydrogen (secondary N) is 1. The zero-order valence-electron chi connectivity index (χ0n) is 22.9. The molecular formula is C27H38N4O6S. The first-order chi connectivity index (χ1) is 17.9. The first-order valence-corrected chi connectivity index (χ1v) is 14.3. The molecule has 2 heterocycles. The summed E-state index contributed by atoms with van der Waals surface area (Å²) in [5.41, 5.74) is 2.81. The van der Waals surface area contributed by atoms with E-state index >= 15 is 0 Å². The number of fused-ring (bicyclic) bond motifs is 1. The molecule has 0 saturated heterocycles. The topological polar surface area (TPSA) is 120 Å². The number of benzene rings is 1. The molecule has 10 nitrogen and oxygen atoms in total. The number of sulfonamides is 1. The summed E-state index contributed by atoms with van der Waals surface area (Å²) in [6.07, 6.45) is 2.84. The number of ether oxygens (including phenoxy) is 2. The molecule has 2 aromatic rings. The summed E-state index contributed by atoms with van der Waals surface area (Å²) in [4.78, 5) is 30.5. The van der Waals surface area contributed by atoms with Crippen molar-refractivity contribution in [2.24, 2.45) is 11.8 Å². The molecule has 1 aromatic heterocycles. The summed E-state index contributed by atoms with van der Waals surface area (Å²) in [6.45, 7) is 12.1. The third-order valence-electron chi connectivity index (χ3n) is 5.98. The molecule has 1 aliphatic heterocycles. The molecule has 1 amide bonds. The lowest BCUT2D eigenvalue weighted by Gasteiger charge is -2.30. The molecule has 1 N–H and O–H groups in total. The maximum Gasteiger partial charge on any atom is 0.424 e. The van der Waals surface area contributed by atoms with Gasteiger partial charge in [-0.2, -0.15) is 4.31 Å². The van der Waals surface area contributed by atoms with Crippen molar-refractivity contribution in [2.75, 3.05) is 13.2 Å². The monoisotopic (exact) mass is 546 g/mol. The Kier molecular flexibility index (Phi) is 9.59. The van der Waals surface area contributed by atoms with Gasteiger partial charge in [-0.1, -0.05) is 39.8 Å². The third kappa shape index (κ3) is 6.75. The first-order valence-electron chi connectivity index (χ1n) is 12.9. The van der Waals surface area contributed by atoms with E-state index in [9.17, 15) is 18.0 Å². The van der Waals surface area contributed by atoms with Crippen LogP contribution in [0.3, 0.4) is 0 Å². The average Bonchev–Trinajstić information content (AvgIpc) is 3.17. The highest BCUT2D eigenvalue weighted by atomic mass is 32.2. The van der Waals surface area contributed by atoms with Crippen molar-refractivity contribution in [2.45, 2.75) is 72.0 Å². The summed E-state index contributed by atoms with van der Waals surface area (Å²) < 4.78 is 40.7. The number of hydrogen-bond acceptors (Lipinski definition) is 8. The molecule has 1 atom stereocenters. The van der Waals surface area contributed by atoms with E-state index in [1.165, 1.54) is 12.1 Å². The van der Waals surface area contributed by atoms with E-state index < -0.39 is 28.1 Å². The Balaban J connectivity index is 1.95. The molecule has 0 radical (unpaired) electrons. The standard InChI is InChI=1S/C27H38N4O6S/c1-7-36-26(32)25(14-18(2)3)31(27(33)37-17-19(4)5)38(34,35)22-10-8-21(9-11-22)16-30-20(6)29-23-15-28-13-12-24(23)30/h8-13,18-19,25,28H,7,14-17H2,1-6H3/t25-/m0/s1. The van der Waals surface area contributed by atoms with Crippen LogP contribution in [0.25, 0.3) is 6.08 Å². The van der Waals surface area contributed by atoms with Crippen molar-refractivity contribution < 1.29 is 27.5 Å². The zero-order valence-corrected chi connectivity index (χ0v) is 23.7. The molecule has 0 saturated carbocycles. The minimum atomic E-state index is -4.44. The second-order valence-electron chi connectivity index (χ2n) is 10.1. The van der Waals surface area contributed by atoms with E-state index in [1.54, 1.807) is 19.1 Å². The molecule has 0 bridgehead atoms. The molecule has 11 heteroatoms. The largest absolute Gasteiger partial charge is 0.464 e. The Hall–Kier alpha value is -3.34. The van der Waals surface area contributed by atoms with E-state index in [1.807, 2.05) is 46.9 Å². The van der Waals surface area contributed by atoms with Crippen LogP contribution in [0.1, 0.15) is 63.8 Å². The fraction of sp³-hybridized carbons (Fsp3) is 0.519. The SMILES string of the molecule is CCOC(=O)[C@H](CC(C)C)N(C(=O)OCC(C)C)S(=O)(=O)c1ccc(Cn2c(C)nc3c2C=CNC3)cc1. The third-order valence-corrected chi connectivity index (χ3v) is 7.77. The summed E-state index contributed by atoms with van der Waals surface area (Å²) in [6, 6.07) is 4.94. The van der Waals surface area contributed by atoms with Crippen LogP contribution in [0, 0.1) is 18.8 Å². The molecule has 0 fully saturated rings. The minimum Gasteiger partial charge on any atom is -0.464 e. The van der Waals surface area contributed by atoms with Crippen LogP contribution in [0.4, 0.5) is 4.79 Å². The Morgan fingerprint density at radius 1 is 1.11 bits per heavy atom. The highest BCUT2D eigenvalue weighted by Crippen LogP contribution is 2.26. The molecule has 0 aliphatic carbocycles. The van der Waals surface area contributed by atoms with Crippen molar-refractivity contribution in [3.05, 3.63) is 53.2 Å². The van der Waals surface area contributed by atoms with Gasteiger partial charge in [0.05, 0.1) is 36.0 Å². The molecular weight excluding hydrogens is 508 g/mol. The fourth-order valence-electron chi connectivity index (χ4n) is 4.18. The van der Waals surface area contributed by atoms with Crippen molar-refractivity contribution in [1.29, 1.82) is 0 Å². The van der Waals surface area contributed by atoms with Crippen molar-refractivity contribution in [3.8, 4) is 0 Å². The number of carbonyl (C=O) groups is 2. The molecule has 38 heavy (non-hydrogen) atoms. The Morgan fingerprint density at radius 2 is 1.79 bits per heavy atom. The van der Waals surface area contributed by atoms with Gasteiger partial charge < -0.3 is 19.4 Å². The van der Waals surface area contributed by atoms with Crippen LogP contribution in [-0.4, -0.2) is 53.6 Å². The molecule has 0 spiro atoms. The van der Waals surface area contributed by atoms with Gasteiger partial charge in [0.1, 0.15) is 11.9 Å². The van der Waals surface area contributed by atoms with Gasteiger partial charge in [0.15, 0.2) is 0 Å². The van der Waals surface area contributed by atoms with Gasteiger partial charge in [0.2, 0.25) is 0 Å². The van der Waals surface area contributed by atoms with Gasteiger partial charge in [0, 0.05) is 6.54 Å². The van der Waals surface area contributed by atoms with Crippen LogP contribution in [-0.2, 0) is 37.4 Å². The van der Waals surface area contributed by atoms with Crippen LogP contribution in [0.15, 0.2) is 35.4 Å². The lowest BCUT2D eigenvalue weighted by Crippen LogP contribution is -2.50. The van der Waals surface area contributed by atoms with E-state index in [4.69, 9.17) is 9.47 Å². The van der Waals surface area contributed by atoms with Gasteiger partial charge in [-0.3, -0.25) is 0 Å². The van der Waals surface area contributed by atoms with Gasteiger partial charge in [0.25, 0.3) is 10.0 Å². The maximum atomic E-state index is 13.8. The van der Waals surface area contributed by atoms with Crippen LogP contribution >= 0.6 is 0 Å². The number of carbonyl (C=O) groups excluding carboxylic acids is 2. The maximum absolute atomic E-state index is 13.8. The molecule has 1 aromatic carbocycles. The van der Waals surface area contributed by atoms with Crippen molar-refractivity contribution in [1.82, 2.24) is 19.2 Å². The fourth-order valence-corrected chi connectivity index (χ4v) is 5.65. The Bertz CT molecular complexity index is 1270. The van der Waals surface area contributed by atoms with Gasteiger partial charge in [-0.15, -0.1) is 0 Å². The number of hydrogen-bond donors (Lipinski definition) is 1. The van der Waals surface area contributed by atoms with E-state index in [0.29, 0.717) is 17.4 Å². The number of imidazole rings is 1. The van der Waals surface area contributed by atoms with Crippen LogP contribution in [0.5, 0.6) is 0 Å². The smallest absolute Gasteiger partial charge is 0.424 e. The highest BCUT2D eigenvalue weighted by Gasteiger charge is 2.42. The highest BCUT2D eigenvalue weighted by molar-refractivity contribution is 7.89. The predicted octanol–water partition coefficient (Wildman–Crippen LogP) is 4.07. The van der Waals surface area contributed by atoms with Gasteiger partial charge >= 0.3 is 12.1 Å². The lowest BCUT2D eigenvalue weighted by molar-refractivity contribution is -0.148. The summed E-state index contributed by atoms with van der Waals surface area (Å²) in [5.74, 6) is -0.0382. The number of nitrogens with zero attached hydrogens (tertiary/aromatic N) is 3. The summed E-state index contributed by atoms with van der Waals surface area (Å²) in [7, 11) is -4.44. The lowest BCUT2D eigenvalue weighted by atomic mass is 10.0. The first kappa shape index (κ1) is 29.2. The molecule has 3 rings (SSSR count). The number of rotatable bonds is 11. The Morgan fingerprint density at radius 3 is 2.39 bits per heavy atom. The van der Waals surface area contributed by atoms with Crippen LogP contribution < -0.4 is 5.32 Å². The van der Waals surface area contributed by atoms with Gasteiger partial charge in [-0.25, -0.2) is 23.0 Å². The summed E-state index contributed by atoms with van der Waals surface area (Å²) in [5, 5.41) is 3.14. The minimum absolute atomic E-state index is 0.0135. The second-order valence-corrected chi connectivity index (χ2v) is 11.9. The normalized spacial score (nSPS) is 13.7. The Labute approximate surface area is 225 Å². The number of aromatic nitrogens is 2. The van der Waals surface area contributed by atoms with E-state index in [2.05, 4.69) is 14.9 Å². The van der Waals surface area contributed by atoms with Gasteiger partial charge in [-0.05, 0) is 62.1 Å². The molecule has 208 valence electrons. The predicted molar refractivity (Wildman–Crippen MR) is 143 cm³/mol. The van der Waals surface area contributed by atoms with Crippen molar-refractivity contribution in [3.63, 3.8) is 0 Å². The molecule has 1 aliphatic rings. The number of amides is 1. The van der Waals surface area contributed by atoms with E-state index in [0.717, 1.165) is 22.8 Å². The number of esters is 1. The average molecular weight is 547 g/mol. The zero-order chi connectivity index (χ0) is 28.0. The van der Waals surface area contributed by atoms with Crippen molar-refractivity contribution >= 4 is 28.2 Å². The molecule has 0 unspecified atom stereocenters. The van der Waals surface area contributed by atoms with Crippen LogP contribution in [0.2, 0.25) is 0 Å². The number of aryl methyl sites for hydroxylation is 1. The quantitative estimate of drug-likeness (QED) is 0.419. The second kappa shape index (κ2) is 12.5.